The van der Waals surface area contributed by atoms with Gasteiger partial charge in [-0.1, -0.05) is 91.0 Å². The quantitative estimate of drug-likeness (QED) is 0.204. The van der Waals surface area contributed by atoms with Crippen molar-refractivity contribution in [1.29, 1.82) is 0 Å². The Bertz CT molecular complexity index is 2650. The van der Waals surface area contributed by atoms with Gasteiger partial charge in [-0.25, -0.2) is 0 Å². The fourth-order valence-electron chi connectivity index (χ4n) is 6.98. The second-order valence-corrected chi connectivity index (χ2v) is 11.7. The molecule has 3 heterocycles. The Hall–Kier alpha value is -6.26. The fourth-order valence-corrected chi connectivity index (χ4v) is 6.98. The lowest BCUT2D eigenvalue weighted by Gasteiger charge is -2.26. The predicted octanol–water partition coefficient (Wildman–Crippen LogP) is 12.5. The summed E-state index contributed by atoms with van der Waals surface area (Å²) in [5, 5.41) is 6.48. The summed E-state index contributed by atoms with van der Waals surface area (Å²) in [5.74, 6) is 0. The summed E-state index contributed by atoms with van der Waals surface area (Å²) in [6.07, 6.45) is 0. The van der Waals surface area contributed by atoms with E-state index in [4.69, 9.17) is 13.3 Å². The Balaban J connectivity index is 1.30. The molecule has 0 saturated carbocycles. The molecule has 10 rings (SSSR count). The molecule has 7 aromatic carbocycles. The third-order valence-electron chi connectivity index (χ3n) is 9.07. The van der Waals surface area contributed by atoms with Crippen molar-refractivity contribution < 1.29 is 13.3 Å². The summed E-state index contributed by atoms with van der Waals surface area (Å²) >= 11 is 0. The van der Waals surface area contributed by atoms with Gasteiger partial charge in [0.1, 0.15) is 27.9 Å². The second-order valence-electron chi connectivity index (χ2n) is 11.7. The zero-order valence-corrected chi connectivity index (χ0v) is 24.6. The van der Waals surface area contributed by atoms with Gasteiger partial charge in [-0.05, 0) is 71.8 Å². The van der Waals surface area contributed by atoms with Crippen LogP contribution in [0, 0.1) is 0 Å². The van der Waals surface area contributed by atoms with Crippen molar-refractivity contribution in [1.82, 2.24) is 0 Å². The van der Waals surface area contributed by atoms with Crippen LogP contribution in [-0.2, 0) is 0 Å². The molecule has 0 aliphatic rings. The molecule has 4 heteroatoms. The average molecular weight is 592 g/mol. The van der Waals surface area contributed by atoms with Gasteiger partial charge >= 0.3 is 0 Å². The molecule has 0 unspecified atom stereocenters. The molecule has 0 saturated heterocycles. The highest BCUT2D eigenvalue weighted by atomic mass is 16.3. The maximum atomic E-state index is 6.78. The third-order valence-corrected chi connectivity index (χ3v) is 9.07. The summed E-state index contributed by atoms with van der Waals surface area (Å²) in [7, 11) is 0. The lowest BCUT2D eigenvalue weighted by molar-refractivity contribution is 0.668. The van der Waals surface area contributed by atoms with Gasteiger partial charge < -0.3 is 18.2 Å². The Morgan fingerprint density at radius 1 is 0.370 bits per heavy atom. The summed E-state index contributed by atoms with van der Waals surface area (Å²) in [6.45, 7) is 0. The van der Waals surface area contributed by atoms with Gasteiger partial charge in [0.2, 0.25) is 0 Å². The molecular formula is C42H25NO3. The minimum absolute atomic E-state index is 0.830. The SMILES string of the molecule is c1ccc(-c2ccc(N(c3ccc4oc5ccccc5c4c3)c3ccc4oc5ccccc5c4c3)c3oc4ccccc4c23)cc1. The summed E-state index contributed by atoms with van der Waals surface area (Å²) in [6, 6.07) is 52.5. The van der Waals surface area contributed by atoms with Crippen LogP contribution in [0.15, 0.2) is 165 Å². The number of fused-ring (bicyclic) bond motifs is 9. The van der Waals surface area contributed by atoms with Crippen LogP contribution in [0.4, 0.5) is 17.1 Å². The molecule has 0 bridgehead atoms. The van der Waals surface area contributed by atoms with E-state index in [-0.39, 0.29) is 0 Å². The molecule has 0 spiro atoms. The number of hydrogen-bond acceptors (Lipinski definition) is 4. The van der Waals surface area contributed by atoms with E-state index in [0.717, 1.165) is 94.0 Å². The van der Waals surface area contributed by atoms with Crippen LogP contribution in [0.1, 0.15) is 0 Å². The van der Waals surface area contributed by atoms with Crippen LogP contribution in [0.25, 0.3) is 76.9 Å². The van der Waals surface area contributed by atoms with Gasteiger partial charge in [0.25, 0.3) is 0 Å². The first kappa shape index (κ1) is 25.1. The van der Waals surface area contributed by atoms with E-state index in [1.165, 1.54) is 0 Å². The van der Waals surface area contributed by atoms with Crippen LogP contribution >= 0.6 is 0 Å². The molecule has 0 aliphatic heterocycles. The predicted molar refractivity (Wildman–Crippen MR) is 188 cm³/mol. The van der Waals surface area contributed by atoms with Gasteiger partial charge in [-0.3, -0.25) is 0 Å². The van der Waals surface area contributed by atoms with E-state index in [1.807, 2.05) is 36.4 Å². The normalized spacial score (nSPS) is 11.9. The van der Waals surface area contributed by atoms with E-state index in [2.05, 4.69) is 120 Å². The van der Waals surface area contributed by atoms with Crippen LogP contribution in [0.2, 0.25) is 0 Å². The highest BCUT2D eigenvalue weighted by Crippen LogP contribution is 2.47. The first-order valence-corrected chi connectivity index (χ1v) is 15.4. The number of hydrogen-bond donors (Lipinski definition) is 0. The molecule has 0 atom stereocenters. The summed E-state index contributed by atoms with van der Waals surface area (Å²) < 4.78 is 19.2. The third kappa shape index (κ3) is 3.67. The van der Waals surface area contributed by atoms with Crippen LogP contribution in [0.5, 0.6) is 0 Å². The van der Waals surface area contributed by atoms with Crippen LogP contribution in [-0.4, -0.2) is 0 Å². The van der Waals surface area contributed by atoms with E-state index < -0.39 is 0 Å². The van der Waals surface area contributed by atoms with Crippen molar-refractivity contribution in [3.8, 4) is 11.1 Å². The topological polar surface area (TPSA) is 42.7 Å². The summed E-state index contributed by atoms with van der Waals surface area (Å²) in [5.41, 5.74) is 10.4. The van der Waals surface area contributed by atoms with Gasteiger partial charge in [-0.2, -0.15) is 0 Å². The molecule has 0 N–H and O–H groups in total. The fraction of sp³-hybridized carbons (Fsp3) is 0. The molecule has 46 heavy (non-hydrogen) atoms. The van der Waals surface area contributed by atoms with E-state index >= 15 is 0 Å². The standard InChI is InChI=1S/C42H25NO3/c1-2-10-26(11-3-1)29-20-21-35(42-41(29)32-14-6-9-17-38(32)46-42)43(27-18-22-39-33(24-27)30-12-4-7-15-36(30)44-39)28-19-23-40-34(25-28)31-13-5-8-16-37(31)45-40/h1-25H. The lowest BCUT2D eigenvalue weighted by Crippen LogP contribution is -2.10. The average Bonchev–Trinajstić information content (AvgIpc) is 3.80. The maximum Gasteiger partial charge on any atom is 0.160 e. The Morgan fingerprint density at radius 3 is 1.48 bits per heavy atom. The van der Waals surface area contributed by atoms with E-state index in [0.29, 0.717) is 0 Å². The highest BCUT2D eigenvalue weighted by molar-refractivity contribution is 6.17. The number of nitrogens with zero attached hydrogens (tertiary/aromatic N) is 1. The molecule has 0 fully saturated rings. The summed E-state index contributed by atoms with van der Waals surface area (Å²) in [4.78, 5) is 2.29. The maximum absolute atomic E-state index is 6.78. The van der Waals surface area contributed by atoms with Crippen molar-refractivity contribution in [3.63, 3.8) is 0 Å². The minimum atomic E-state index is 0.830. The lowest BCUT2D eigenvalue weighted by atomic mass is 9.98. The van der Waals surface area contributed by atoms with Gasteiger partial charge in [0, 0.05) is 43.7 Å². The zero-order chi connectivity index (χ0) is 30.2. The van der Waals surface area contributed by atoms with Crippen LogP contribution in [0.3, 0.4) is 0 Å². The number of benzene rings is 7. The molecule has 4 nitrogen and oxygen atoms in total. The Labute approximate surface area is 263 Å². The molecule has 216 valence electrons. The van der Waals surface area contributed by atoms with Crippen molar-refractivity contribution in [2.75, 3.05) is 4.90 Å². The zero-order valence-electron chi connectivity index (χ0n) is 24.6. The molecule has 0 radical (unpaired) electrons. The highest BCUT2D eigenvalue weighted by Gasteiger charge is 2.23. The number of anilines is 3. The Morgan fingerprint density at radius 2 is 0.870 bits per heavy atom. The Kier molecular flexibility index (Phi) is 5.25. The molecule has 10 aromatic rings. The van der Waals surface area contributed by atoms with Crippen molar-refractivity contribution in [3.05, 3.63) is 152 Å². The van der Waals surface area contributed by atoms with Gasteiger partial charge in [0.05, 0.1) is 5.69 Å². The monoisotopic (exact) mass is 591 g/mol. The van der Waals surface area contributed by atoms with Crippen molar-refractivity contribution in [2.24, 2.45) is 0 Å². The smallest absolute Gasteiger partial charge is 0.160 e. The molecule has 0 amide bonds. The van der Waals surface area contributed by atoms with Crippen molar-refractivity contribution >= 4 is 82.9 Å². The minimum Gasteiger partial charge on any atom is -0.456 e. The molecule has 0 aliphatic carbocycles. The number of furan rings is 3. The van der Waals surface area contributed by atoms with E-state index in [9.17, 15) is 0 Å². The molecule has 3 aromatic heterocycles. The second kappa shape index (κ2) is 9.62. The largest absolute Gasteiger partial charge is 0.456 e. The van der Waals surface area contributed by atoms with Crippen LogP contribution < -0.4 is 4.90 Å². The van der Waals surface area contributed by atoms with Gasteiger partial charge in [0.15, 0.2) is 5.58 Å². The first-order chi connectivity index (χ1) is 22.8. The van der Waals surface area contributed by atoms with E-state index in [1.54, 1.807) is 0 Å². The van der Waals surface area contributed by atoms with Crippen molar-refractivity contribution in [2.45, 2.75) is 0 Å². The first-order valence-electron chi connectivity index (χ1n) is 15.4. The number of para-hydroxylation sites is 3. The molecular weight excluding hydrogens is 566 g/mol. The number of rotatable bonds is 4. The van der Waals surface area contributed by atoms with Gasteiger partial charge in [-0.15, -0.1) is 0 Å².